The van der Waals surface area contributed by atoms with Crippen molar-refractivity contribution in [2.24, 2.45) is 0 Å². The third kappa shape index (κ3) is 4.84. The summed E-state index contributed by atoms with van der Waals surface area (Å²) in [6.45, 7) is -0.0699. The molecule has 0 atom stereocenters. The second-order valence-electron chi connectivity index (χ2n) is 5.37. The van der Waals surface area contributed by atoms with E-state index in [0.29, 0.717) is 0 Å². The normalized spacial score (nSPS) is 10.5. The predicted molar refractivity (Wildman–Crippen MR) is 98.0 cm³/mol. The van der Waals surface area contributed by atoms with Crippen molar-refractivity contribution in [3.63, 3.8) is 0 Å². The lowest BCUT2D eigenvalue weighted by Gasteiger charge is -2.07. The van der Waals surface area contributed by atoms with Gasteiger partial charge in [0.25, 0.3) is 17.5 Å². The molecule has 0 aliphatic carbocycles. The smallest absolute Gasteiger partial charge is 0.269 e. The minimum Gasteiger partial charge on any atom is -0.364 e. The molecule has 2 aromatic carbocycles. The second-order valence-corrected chi connectivity index (χ2v) is 6.49. The Labute approximate surface area is 157 Å². The zero-order chi connectivity index (χ0) is 19.2. The Morgan fingerprint density at radius 1 is 1.11 bits per heavy atom. The number of amides is 2. The SMILES string of the molecule is O=C(COCc1nc2ccccc2s1)NNC(=O)c1ccc([N+](=O)[O-])cc1. The van der Waals surface area contributed by atoms with Crippen LogP contribution in [0.15, 0.2) is 48.5 Å². The summed E-state index contributed by atoms with van der Waals surface area (Å²) in [7, 11) is 0. The van der Waals surface area contributed by atoms with E-state index in [1.807, 2.05) is 24.3 Å². The van der Waals surface area contributed by atoms with E-state index in [1.165, 1.54) is 35.6 Å². The maximum Gasteiger partial charge on any atom is 0.269 e. The van der Waals surface area contributed by atoms with Gasteiger partial charge in [-0.25, -0.2) is 4.98 Å². The Hall–Kier alpha value is -3.37. The molecule has 0 saturated carbocycles. The molecule has 3 aromatic rings. The average Bonchev–Trinajstić information content (AvgIpc) is 3.09. The van der Waals surface area contributed by atoms with Crippen molar-refractivity contribution in [3.8, 4) is 0 Å². The zero-order valence-corrected chi connectivity index (χ0v) is 14.7. The molecule has 2 N–H and O–H groups in total. The van der Waals surface area contributed by atoms with Crippen molar-refractivity contribution >= 4 is 39.1 Å². The molecule has 2 amide bonds. The number of nitrogens with one attached hydrogen (secondary N) is 2. The van der Waals surface area contributed by atoms with Crippen LogP contribution >= 0.6 is 11.3 Å². The monoisotopic (exact) mass is 386 g/mol. The Kier molecular flexibility index (Phi) is 5.69. The fraction of sp³-hybridized carbons (Fsp3) is 0.118. The first-order chi connectivity index (χ1) is 13.0. The number of nitrogens with zero attached hydrogens (tertiary/aromatic N) is 2. The average molecular weight is 386 g/mol. The third-order valence-electron chi connectivity index (χ3n) is 3.45. The molecule has 0 aliphatic rings. The first-order valence-corrected chi connectivity index (χ1v) is 8.60. The third-order valence-corrected chi connectivity index (χ3v) is 4.46. The van der Waals surface area contributed by atoms with Crippen molar-refractivity contribution in [1.29, 1.82) is 0 Å². The Balaban J connectivity index is 1.42. The van der Waals surface area contributed by atoms with Gasteiger partial charge in [-0.15, -0.1) is 11.3 Å². The van der Waals surface area contributed by atoms with Crippen LogP contribution < -0.4 is 10.9 Å². The highest BCUT2D eigenvalue weighted by Crippen LogP contribution is 2.21. The van der Waals surface area contributed by atoms with Crippen LogP contribution in [-0.2, 0) is 16.1 Å². The molecular weight excluding hydrogens is 372 g/mol. The largest absolute Gasteiger partial charge is 0.364 e. The van der Waals surface area contributed by atoms with E-state index in [2.05, 4.69) is 15.8 Å². The van der Waals surface area contributed by atoms with Gasteiger partial charge in [0.2, 0.25) is 0 Å². The van der Waals surface area contributed by atoms with Gasteiger partial charge in [0, 0.05) is 17.7 Å². The van der Waals surface area contributed by atoms with E-state index in [1.54, 1.807) is 0 Å². The second kappa shape index (κ2) is 8.34. The number of non-ortho nitro benzene ring substituents is 1. The fourth-order valence-corrected chi connectivity index (χ4v) is 3.09. The molecular formula is C17H14N4O5S. The lowest BCUT2D eigenvalue weighted by molar-refractivity contribution is -0.384. The van der Waals surface area contributed by atoms with Gasteiger partial charge in [-0.2, -0.15) is 0 Å². The van der Waals surface area contributed by atoms with E-state index in [-0.39, 0.29) is 24.5 Å². The molecule has 0 fully saturated rings. The number of thiazole rings is 1. The molecule has 0 aliphatic heterocycles. The quantitative estimate of drug-likeness (QED) is 0.494. The molecule has 0 radical (unpaired) electrons. The number of aromatic nitrogens is 1. The van der Waals surface area contributed by atoms with Gasteiger partial charge >= 0.3 is 0 Å². The summed E-state index contributed by atoms with van der Waals surface area (Å²) in [5.41, 5.74) is 5.36. The first kappa shape index (κ1) is 18.4. The number of rotatable bonds is 6. The minimum absolute atomic E-state index is 0.126. The van der Waals surface area contributed by atoms with Gasteiger partial charge in [-0.05, 0) is 24.3 Å². The van der Waals surface area contributed by atoms with E-state index in [9.17, 15) is 19.7 Å². The molecule has 10 heteroatoms. The van der Waals surface area contributed by atoms with Gasteiger partial charge in [-0.3, -0.25) is 30.6 Å². The van der Waals surface area contributed by atoms with Crippen molar-refractivity contribution in [2.75, 3.05) is 6.61 Å². The van der Waals surface area contributed by atoms with E-state index in [4.69, 9.17) is 4.74 Å². The maximum atomic E-state index is 11.9. The van der Waals surface area contributed by atoms with E-state index >= 15 is 0 Å². The van der Waals surface area contributed by atoms with E-state index < -0.39 is 16.7 Å². The maximum absolute atomic E-state index is 11.9. The first-order valence-electron chi connectivity index (χ1n) is 7.79. The van der Waals surface area contributed by atoms with Gasteiger partial charge in [-0.1, -0.05) is 12.1 Å². The summed E-state index contributed by atoms with van der Waals surface area (Å²) < 4.78 is 6.34. The molecule has 27 heavy (non-hydrogen) atoms. The van der Waals surface area contributed by atoms with Crippen LogP contribution in [0.1, 0.15) is 15.4 Å². The van der Waals surface area contributed by atoms with Crippen LogP contribution in [-0.4, -0.2) is 28.3 Å². The Morgan fingerprint density at radius 3 is 2.56 bits per heavy atom. The van der Waals surface area contributed by atoms with Gasteiger partial charge < -0.3 is 4.74 Å². The summed E-state index contributed by atoms with van der Waals surface area (Å²) >= 11 is 1.48. The molecule has 0 unspecified atom stereocenters. The number of hydrogen-bond acceptors (Lipinski definition) is 7. The van der Waals surface area contributed by atoms with Crippen LogP contribution in [0.3, 0.4) is 0 Å². The molecule has 0 saturated heterocycles. The summed E-state index contributed by atoms with van der Waals surface area (Å²) in [6.07, 6.45) is 0. The van der Waals surface area contributed by atoms with Gasteiger partial charge in [0.15, 0.2) is 0 Å². The van der Waals surface area contributed by atoms with Crippen LogP contribution in [0.25, 0.3) is 10.2 Å². The zero-order valence-electron chi connectivity index (χ0n) is 13.9. The van der Waals surface area contributed by atoms with Gasteiger partial charge in [0.1, 0.15) is 11.6 Å². The van der Waals surface area contributed by atoms with Crippen LogP contribution in [0.5, 0.6) is 0 Å². The van der Waals surface area contributed by atoms with Crippen molar-refractivity contribution in [1.82, 2.24) is 15.8 Å². The minimum atomic E-state index is -0.593. The summed E-state index contributed by atoms with van der Waals surface area (Å²) in [5.74, 6) is -1.13. The molecule has 0 spiro atoms. The van der Waals surface area contributed by atoms with Crippen molar-refractivity contribution < 1.29 is 19.2 Å². The topological polar surface area (TPSA) is 123 Å². The number of para-hydroxylation sites is 1. The van der Waals surface area contributed by atoms with E-state index in [0.717, 1.165) is 15.2 Å². The number of nitro benzene ring substituents is 1. The summed E-state index contributed by atoms with van der Waals surface area (Å²) in [4.78, 5) is 38.0. The lowest BCUT2D eigenvalue weighted by Crippen LogP contribution is -2.43. The summed E-state index contributed by atoms with van der Waals surface area (Å²) in [5, 5.41) is 11.3. The van der Waals surface area contributed by atoms with Crippen molar-refractivity contribution in [3.05, 3.63) is 69.2 Å². The number of fused-ring (bicyclic) bond motifs is 1. The predicted octanol–water partition coefficient (Wildman–Crippen LogP) is 2.18. The highest BCUT2D eigenvalue weighted by molar-refractivity contribution is 7.18. The van der Waals surface area contributed by atoms with Crippen LogP contribution in [0, 0.1) is 10.1 Å². The Morgan fingerprint density at radius 2 is 1.85 bits per heavy atom. The standard InChI is InChI=1S/C17H14N4O5S/c22-15(9-26-10-16-18-13-3-1-2-4-14(13)27-16)19-20-17(23)11-5-7-12(8-6-11)21(24)25/h1-8H,9-10H2,(H,19,22)(H,20,23). The number of nitro groups is 1. The number of carbonyl (C=O) groups is 2. The molecule has 1 heterocycles. The highest BCUT2D eigenvalue weighted by Gasteiger charge is 2.11. The molecule has 3 rings (SSSR count). The number of ether oxygens (including phenoxy) is 1. The Bertz CT molecular complexity index is 953. The number of carbonyl (C=O) groups excluding carboxylic acids is 2. The number of hydrogen-bond donors (Lipinski definition) is 2. The molecule has 1 aromatic heterocycles. The summed E-state index contributed by atoms with van der Waals surface area (Å²) in [6, 6.07) is 12.7. The van der Waals surface area contributed by atoms with Crippen LogP contribution in [0.2, 0.25) is 0 Å². The molecule has 9 nitrogen and oxygen atoms in total. The van der Waals surface area contributed by atoms with Crippen molar-refractivity contribution in [2.45, 2.75) is 6.61 Å². The fourth-order valence-electron chi connectivity index (χ4n) is 2.18. The molecule has 0 bridgehead atoms. The number of benzene rings is 2. The number of hydrazine groups is 1. The molecule has 138 valence electrons. The van der Waals surface area contributed by atoms with Crippen LogP contribution in [0.4, 0.5) is 5.69 Å². The van der Waals surface area contributed by atoms with Gasteiger partial charge in [0.05, 0.1) is 21.7 Å². The lowest BCUT2D eigenvalue weighted by atomic mass is 10.2. The highest BCUT2D eigenvalue weighted by atomic mass is 32.1.